The summed E-state index contributed by atoms with van der Waals surface area (Å²) >= 11 is 0.806. The Bertz CT molecular complexity index is 874. The van der Waals surface area contributed by atoms with E-state index in [0.29, 0.717) is 30.6 Å². The van der Waals surface area contributed by atoms with Gasteiger partial charge in [0.2, 0.25) is 5.91 Å². The number of likely N-dealkylation sites (tertiary alicyclic amines) is 1. The highest BCUT2D eigenvalue weighted by Gasteiger charge is 2.37. The van der Waals surface area contributed by atoms with Crippen LogP contribution in [0.25, 0.3) is 6.08 Å². The molecule has 154 valence electrons. The molecule has 3 rings (SSSR count). The van der Waals surface area contributed by atoms with Gasteiger partial charge in [0.15, 0.2) is 11.5 Å². The summed E-state index contributed by atoms with van der Waals surface area (Å²) in [6.07, 6.45) is 6.64. The molecule has 1 N–H and O–H groups in total. The minimum Gasteiger partial charge on any atom is -0.504 e. The maximum absolute atomic E-state index is 12.7. The Morgan fingerprint density at radius 1 is 1.28 bits per heavy atom. The van der Waals surface area contributed by atoms with Crippen molar-refractivity contribution in [2.24, 2.45) is 0 Å². The summed E-state index contributed by atoms with van der Waals surface area (Å²) in [5.41, 5.74) is 1.22. The molecule has 2 aliphatic rings. The van der Waals surface area contributed by atoms with Gasteiger partial charge >= 0.3 is 0 Å². The zero-order valence-electron chi connectivity index (χ0n) is 16.3. The highest BCUT2D eigenvalue weighted by Crippen LogP contribution is 2.36. The number of thioether (sulfide) groups is 1. The average Bonchev–Trinajstić information content (AvgIpc) is 2.98. The maximum atomic E-state index is 12.7. The predicted octanol–water partition coefficient (Wildman–Crippen LogP) is 3.18. The molecule has 7 nitrogen and oxygen atoms in total. The number of imide groups is 1. The van der Waals surface area contributed by atoms with E-state index in [9.17, 15) is 19.5 Å². The summed E-state index contributed by atoms with van der Waals surface area (Å²) in [5, 5.41) is 9.74. The topological polar surface area (TPSA) is 87.2 Å². The fourth-order valence-corrected chi connectivity index (χ4v) is 4.24. The van der Waals surface area contributed by atoms with Crippen LogP contribution in [0, 0.1) is 0 Å². The fraction of sp³-hybridized carbons (Fsp3) is 0.381. The predicted molar refractivity (Wildman–Crippen MR) is 112 cm³/mol. The molecule has 0 radical (unpaired) electrons. The average molecular weight is 416 g/mol. The first-order chi connectivity index (χ1) is 13.9. The Kier molecular flexibility index (Phi) is 6.64. The number of hydrogen-bond donors (Lipinski definition) is 1. The van der Waals surface area contributed by atoms with Gasteiger partial charge in [-0.05, 0) is 61.2 Å². The normalized spacial score (nSPS) is 18.4. The number of phenols is 1. The van der Waals surface area contributed by atoms with E-state index >= 15 is 0 Å². The summed E-state index contributed by atoms with van der Waals surface area (Å²) in [6, 6.07) is 3.31. The Morgan fingerprint density at radius 3 is 2.66 bits per heavy atom. The van der Waals surface area contributed by atoms with E-state index in [-0.39, 0.29) is 28.9 Å². The van der Waals surface area contributed by atoms with Crippen LogP contribution in [0.5, 0.6) is 11.5 Å². The van der Waals surface area contributed by atoms with Gasteiger partial charge in [-0.1, -0.05) is 6.08 Å². The number of amides is 3. The number of hydrogen-bond acceptors (Lipinski definition) is 6. The van der Waals surface area contributed by atoms with Crippen LogP contribution in [0.2, 0.25) is 0 Å². The molecule has 2 aliphatic heterocycles. The van der Waals surface area contributed by atoms with E-state index in [1.54, 1.807) is 29.2 Å². The van der Waals surface area contributed by atoms with Crippen molar-refractivity contribution in [1.82, 2.24) is 9.80 Å². The lowest BCUT2D eigenvalue weighted by Gasteiger charge is -2.27. The molecular formula is C21H24N2O5S. The van der Waals surface area contributed by atoms with E-state index in [4.69, 9.17) is 4.74 Å². The van der Waals surface area contributed by atoms with E-state index in [1.807, 2.05) is 0 Å². The molecule has 2 heterocycles. The third-order valence-electron chi connectivity index (χ3n) is 4.93. The molecular weight excluding hydrogens is 392 g/mol. The largest absolute Gasteiger partial charge is 0.504 e. The summed E-state index contributed by atoms with van der Waals surface area (Å²) in [5.74, 6) is -0.393. The monoisotopic (exact) mass is 416 g/mol. The van der Waals surface area contributed by atoms with E-state index < -0.39 is 11.1 Å². The number of carbonyl (C=O) groups is 3. The third kappa shape index (κ3) is 4.64. The van der Waals surface area contributed by atoms with Crippen LogP contribution in [-0.2, 0) is 16.0 Å². The number of benzene rings is 1. The molecule has 1 aromatic carbocycles. The van der Waals surface area contributed by atoms with Gasteiger partial charge in [0.25, 0.3) is 11.1 Å². The highest BCUT2D eigenvalue weighted by atomic mass is 32.2. The Morgan fingerprint density at radius 2 is 2.00 bits per heavy atom. The van der Waals surface area contributed by atoms with E-state index in [1.165, 1.54) is 7.11 Å². The fourth-order valence-electron chi connectivity index (χ4n) is 3.41. The van der Waals surface area contributed by atoms with Gasteiger partial charge in [-0.2, -0.15) is 0 Å². The van der Waals surface area contributed by atoms with Gasteiger partial charge in [0.05, 0.1) is 12.0 Å². The summed E-state index contributed by atoms with van der Waals surface area (Å²) in [7, 11) is 1.44. The lowest BCUT2D eigenvalue weighted by Crippen LogP contribution is -2.44. The van der Waals surface area contributed by atoms with Crippen molar-refractivity contribution in [3.8, 4) is 11.5 Å². The molecule has 3 amide bonds. The van der Waals surface area contributed by atoms with Crippen LogP contribution in [-0.4, -0.2) is 58.7 Å². The van der Waals surface area contributed by atoms with Crippen molar-refractivity contribution in [1.29, 1.82) is 0 Å². The molecule has 2 fully saturated rings. The second kappa shape index (κ2) is 9.17. The Balaban J connectivity index is 1.79. The summed E-state index contributed by atoms with van der Waals surface area (Å²) in [6.45, 7) is 4.78. The summed E-state index contributed by atoms with van der Waals surface area (Å²) < 4.78 is 5.19. The van der Waals surface area contributed by atoms with Crippen LogP contribution < -0.4 is 4.74 Å². The zero-order valence-corrected chi connectivity index (χ0v) is 17.2. The van der Waals surface area contributed by atoms with Crippen LogP contribution in [0.3, 0.4) is 0 Å². The smallest absolute Gasteiger partial charge is 0.294 e. The first kappa shape index (κ1) is 21.0. The molecule has 8 heteroatoms. The maximum Gasteiger partial charge on any atom is 0.294 e. The first-order valence-electron chi connectivity index (χ1n) is 9.48. The van der Waals surface area contributed by atoms with Crippen molar-refractivity contribution in [3.05, 3.63) is 40.8 Å². The number of carbonyl (C=O) groups excluding carboxylic acids is 3. The van der Waals surface area contributed by atoms with Crippen LogP contribution in [0.4, 0.5) is 4.79 Å². The van der Waals surface area contributed by atoms with Gasteiger partial charge < -0.3 is 14.7 Å². The molecule has 0 spiro atoms. The van der Waals surface area contributed by atoms with Gasteiger partial charge in [-0.15, -0.1) is 6.58 Å². The number of nitrogens with zero attached hydrogens (tertiary/aromatic N) is 2. The molecule has 29 heavy (non-hydrogen) atoms. The Labute approximate surface area is 174 Å². The van der Waals surface area contributed by atoms with E-state index in [0.717, 1.165) is 35.9 Å². The molecule has 0 aliphatic carbocycles. The minimum absolute atomic E-state index is 0.0183. The molecule has 2 saturated heterocycles. The van der Waals surface area contributed by atoms with Gasteiger partial charge in [0.1, 0.15) is 6.54 Å². The number of rotatable bonds is 6. The number of methoxy groups -OCH3 is 1. The van der Waals surface area contributed by atoms with Gasteiger partial charge in [-0.25, -0.2) is 0 Å². The number of aromatic hydroxyl groups is 1. The number of ether oxygens (including phenoxy) is 1. The van der Waals surface area contributed by atoms with Crippen molar-refractivity contribution < 1.29 is 24.2 Å². The standard InChI is InChI=1S/C21H24N2O5S/c1-3-7-15-10-14(11-16(28-2)19(15)25)12-17-20(26)23(21(27)29-17)13-18(24)22-8-5-4-6-9-22/h3,10-12,25H,1,4-9,13H2,2H3/b17-12-. The third-order valence-corrected chi connectivity index (χ3v) is 5.84. The molecule has 0 atom stereocenters. The van der Waals surface area contributed by atoms with Crippen LogP contribution in [0.1, 0.15) is 30.4 Å². The van der Waals surface area contributed by atoms with Crippen LogP contribution >= 0.6 is 11.8 Å². The second-order valence-corrected chi connectivity index (χ2v) is 7.93. The van der Waals surface area contributed by atoms with Gasteiger partial charge in [0, 0.05) is 18.7 Å². The second-order valence-electron chi connectivity index (χ2n) is 6.93. The number of piperidine rings is 1. The number of phenolic OH excluding ortho intramolecular Hbond substituents is 1. The molecule has 1 aromatic rings. The van der Waals surface area contributed by atoms with Crippen molar-refractivity contribution in [3.63, 3.8) is 0 Å². The lowest BCUT2D eigenvalue weighted by molar-refractivity contribution is -0.136. The lowest BCUT2D eigenvalue weighted by atomic mass is 10.1. The van der Waals surface area contributed by atoms with Crippen LogP contribution in [0.15, 0.2) is 29.7 Å². The van der Waals surface area contributed by atoms with Crippen molar-refractivity contribution in [2.75, 3.05) is 26.7 Å². The summed E-state index contributed by atoms with van der Waals surface area (Å²) in [4.78, 5) is 40.4. The molecule has 0 bridgehead atoms. The van der Waals surface area contributed by atoms with Gasteiger partial charge in [-0.3, -0.25) is 19.3 Å². The molecule has 0 saturated carbocycles. The number of allylic oxidation sites excluding steroid dienone is 1. The Hall–Kier alpha value is -2.74. The molecule has 0 aromatic heterocycles. The first-order valence-corrected chi connectivity index (χ1v) is 10.3. The quantitative estimate of drug-likeness (QED) is 0.566. The zero-order chi connectivity index (χ0) is 21.0. The van der Waals surface area contributed by atoms with E-state index in [2.05, 4.69) is 6.58 Å². The van der Waals surface area contributed by atoms with Crippen molar-refractivity contribution >= 4 is 34.9 Å². The molecule has 0 unspecified atom stereocenters. The SMILES string of the molecule is C=CCc1cc(/C=C2\SC(=O)N(CC(=O)N3CCCCC3)C2=O)cc(OC)c1O. The minimum atomic E-state index is -0.484. The highest BCUT2D eigenvalue weighted by molar-refractivity contribution is 8.18. The van der Waals surface area contributed by atoms with Crippen molar-refractivity contribution in [2.45, 2.75) is 25.7 Å².